The highest BCUT2D eigenvalue weighted by atomic mass is 16.2. The van der Waals surface area contributed by atoms with Crippen molar-refractivity contribution in [3.05, 3.63) is 11.3 Å². The van der Waals surface area contributed by atoms with E-state index in [1.54, 1.807) is 0 Å². The minimum atomic E-state index is -0.0932. The molecule has 1 saturated carbocycles. The Morgan fingerprint density at radius 3 is 2.25 bits per heavy atom. The molecule has 0 aromatic carbocycles. The van der Waals surface area contributed by atoms with Gasteiger partial charge < -0.3 is 5.32 Å². The smallest absolute Gasteiger partial charge is 0.234 e. The zero-order valence-corrected chi connectivity index (χ0v) is 7.74. The lowest BCUT2D eigenvalue weighted by Gasteiger charge is -2.21. The minimum absolute atomic E-state index is 0.0932. The summed E-state index contributed by atoms with van der Waals surface area (Å²) in [5.74, 6) is 0.245. The van der Waals surface area contributed by atoms with Crippen molar-refractivity contribution in [2.75, 3.05) is 0 Å². The van der Waals surface area contributed by atoms with E-state index in [4.69, 9.17) is 0 Å². The number of amides is 1. The molecule has 0 radical (unpaired) electrons. The van der Waals surface area contributed by atoms with Gasteiger partial charge in [-0.15, -0.1) is 0 Å². The van der Waals surface area contributed by atoms with Gasteiger partial charge in [0.05, 0.1) is 5.41 Å². The molecule has 0 saturated heterocycles. The first kappa shape index (κ1) is 7.84. The van der Waals surface area contributed by atoms with Gasteiger partial charge in [0.15, 0.2) is 0 Å². The molecular formula is C10H15NO. The van der Waals surface area contributed by atoms with Crippen molar-refractivity contribution in [1.82, 2.24) is 5.32 Å². The van der Waals surface area contributed by atoms with E-state index in [0.717, 1.165) is 18.5 Å². The summed E-state index contributed by atoms with van der Waals surface area (Å²) in [5, 5.41) is 2.94. The molecule has 1 heterocycles. The Hall–Kier alpha value is -0.790. The van der Waals surface area contributed by atoms with Crippen molar-refractivity contribution in [3.63, 3.8) is 0 Å². The number of allylic oxidation sites excluding steroid dienone is 1. The van der Waals surface area contributed by atoms with E-state index in [1.807, 2.05) is 6.92 Å². The molecule has 0 atom stereocenters. The Morgan fingerprint density at radius 1 is 1.25 bits per heavy atom. The lowest BCUT2D eigenvalue weighted by Crippen LogP contribution is -2.31. The predicted molar refractivity (Wildman–Crippen MR) is 47.4 cm³/mol. The van der Waals surface area contributed by atoms with Crippen LogP contribution in [0.3, 0.4) is 0 Å². The molecule has 0 aromatic heterocycles. The van der Waals surface area contributed by atoms with Crippen LogP contribution in [0.4, 0.5) is 0 Å². The lowest BCUT2D eigenvalue weighted by molar-refractivity contribution is -0.126. The van der Waals surface area contributed by atoms with Crippen LogP contribution in [0.5, 0.6) is 0 Å². The van der Waals surface area contributed by atoms with Crippen LogP contribution in [0, 0.1) is 5.41 Å². The molecule has 1 fully saturated rings. The molecule has 1 amide bonds. The molecule has 2 aliphatic rings. The first-order valence-electron chi connectivity index (χ1n) is 4.66. The fourth-order valence-corrected chi connectivity index (χ4v) is 2.49. The lowest BCUT2D eigenvalue weighted by atomic mass is 9.80. The van der Waals surface area contributed by atoms with E-state index >= 15 is 0 Å². The van der Waals surface area contributed by atoms with Crippen LogP contribution in [0.1, 0.15) is 39.5 Å². The van der Waals surface area contributed by atoms with Crippen molar-refractivity contribution in [2.45, 2.75) is 39.5 Å². The molecule has 0 aromatic rings. The predicted octanol–water partition coefficient (Wildman–Crippen LogP) is 1.97. The fraction of sp³-hybridized carbons (Fsp3) is 0.700. The summed E-state index contributed by atoms with van der Waals surface area (Å²) in [5.41, 5.74) is 2.27. The number of carbonyl (C=O) groups excluding carboxylic acids is 1. The molecule has 1 aliphatic heterocycles. The van der Waals surface area contributed by atoms with Crippen LogP contribution < -0.4 is 5.32 Å². The van der Waals surface area contributed by atoms with Crippen LogP contribution in [0.2, 0.25) is 0 Å². The Balaban J connectivity index is 2.40. The Kier molecular flexibility index (Phi) is 1.53. The molecule has 12 heavy (non-hydrogen) atoms. The topological polar surface area (TPSA) is 29.1 Å². The Labute approximate surface area is 73.0 Å². The number of hydrogen-bond acceptors (Lipinski definition) is 1. The molecule has 0 bridgehead atoms. The van der Waals surface area contributed by atoms with Gasteiger partial charge in [-0.1, -0.05) is 12.8 Å². The summed E-state index contributed by atoms with van der Waals surface area (Å²) in [6.45, 7) is 4.10. The Morgan fingerprint density at radius 2 is 1.83 bits per heavy atom. The van der Waals surface area contributed by atoms with Crippen LogP contribution in [-0.2, 0) is 4.79 Å². The molecular weight excluding hydrogens is 150 g/mol. The first-order valence-corrected chi connectivity index (χ1v) is 4.66. The van der Waals surface area contributed by atoms with Crippen molar-refractivity contribution < 1.29 is 4.79 Å². The quantitative estimate of drug-likeness (QED) is 0.584. The van der Waals surface area contributed by atoms with E-state index in [0.29, 0.717) is 0 Å². The van der Waals surface area contributed by atoms with Crippen LogP contribution in [-0.4, -0.2) is 5.91 Å². The third kappa shape index (κ3) is 0.780. The van der Waals surface area contributed by atoms with Crippen LogP contribution in [0.25, 0.3) is 0 Å². The highest BCUT2D eigenvalue weighted by molar-refractivity contribution is 5.91. The molecule has 1 spiro atoms. The highest BCUT2D eigenvalue weighted by Crippen LogP contribution is 2.47. The first-order chi connectivity index (χ1) is 5.67. The monoisotopic (exact) mass is 165 g/mol. The van der Waals surface area contributed by atoms with E-state index in [9.17, 15) is 4.79 Å². The maximum absolute atomic E-state index is 11.7. The van der Waals surface area contributed by atoms with E-state index < -0.39 is 0 Å². The van der Waals surface area contributed by atoms with E-state index in [-0.39, 0.29) is 11.3 Å². The fourth-order valence-electron chi connectivity index (χ4n) is 2.49. The summed E-state index contributed by atoms with van der Waals surface area (Å²) in [7, 11) is 0. The van der Waals surface area contributed by atoms with Gasteiger partial charge in [0, 0.05) is 5.70 Å². The molecule has 2 rings (SSSR count). The van der Waals surface area contributed by atoms with Crippen molar-refractivity contribution >= 4 is 5.91 Å². The second-order valence-electron chi connectivity index (χ2n) is 3.99. The second-order valence-corrected chi connectivity index (χ2v) is 3.99. The van der Waals surface area contributed by atoms with Crippen molar-refractivity contribution in [2.24, 2.45) is 5.41 Å². The molecule has 2 nitrogen and oxygen atoms in total. The van der Waals surface area contributed by atoms with Crippen molar-refractivity contribution in [3.8, 4) is 0 Å². The van der Waals surface area contributed by atoms with Gasteiger partial charge in [-0.05, 0) is 32.3 Å². The summed E-state index contributed by atoms with van der Waals surface area (Å²) in [6, 6.07) is 0. The van der Waals surface area contributed by atoms with Gasteiger partial charge in [0.1, 0.15) is 0 Å². The number of carbonyl (C=O) groups is 1. The maximum atomic E-state index is 11.7. The average molecular weight is 165 g/mol. The van der Waals surface area contributed by atoms with Gasteiger partial charge in [-0.2, -0.15) is 0 Å². The standard InChI is InChI=1S/C10H15NO/c1-7-8(2)11-9(12)10(7)5-3-4-6-10/h3-6H2,1-2H3,(H,11,12). The normalized spacial score (nSPS) is 27.0. The summed E-state index contributed by atoms with van der Waals surface area (Å²) >= 11 is 0. The van der Waals surface area contributed by atoms with Gasteiger partial charge in [0.2, 0.25) is 5.91 Å². The highest BCUT2D eigenvalue weighted by Gasteiger charge is 2.46. The summed E-state index contributed by atoms with van der Waals surface area (Å²) < 4.78 is 0. The molecule has 0 unspecified atom stereocenters. The average Bonchev–Trinajstić information content (AvgIpc) is 2.57. The Bertz CT molecular complexity index is 259. The van der Waals surface area contributed by atoms with Crippen LogP contribution >= 0.6 is 0 Å². The molecule has 66 valence electrons. The van der Waals surface area contributed by atoms with E-state index in [1.165, 1.54) is 18.4 Å². The van der Waals surface area contributed by atoms with Crippen LogP contribution in [0.15, 0.2) is 11.3 Å². The number of hydrogen-bond donors (Lipinski definition) is 1. The summed E-state index contributed by atoms with van der Waals surface area (Å²) in [4.78, 5) is 11.7. The van der Waals surface area contributed by atoms with Gasteiger partial charge >= 0.3 is 0 Å². The largest absolute Gasteiger partial charge is 0.329 e. The molecule has 1 aliphatic carbocycles. The van der Waals surface area contributed by atoms with Gasteiger partial charge in [-0.25, -0.2) is 0 Å². The van der Waals surface area contributed by atoms with Gasteiger partial charge in [0.25, 0.3) is 0 Å². The second kappa shape index (κ2) is 2.35. The third-order valence-electron chi connectivity index (χ3n) is 3.47. The van der Waals surface area contributed by atoms with Crippen molar-refractivity contribution in [1.29, 1.82) is 0 Å². The maximum Gasteiger partial charge on any atom is 0.234 e. The molecule has 2 heteroatoms. The zero-order valence-electron chi connectivity index (χ0n) is 7.74. The van der Waals surface area contributed by atoms with Gasteiger partial charge in [-0.3, -0.25) is 4.79 Å². The number of rotatable bonds is 0. The zero-order chi connectivity index (χ0) is 8.77. The number of nitrogens with one attached hydrogen (secondary N) is 1. The van der Waals surface area contributed by atoms with E-state index in [2.05, 4.69) is 12.2 Å². The third-order valence-corrected chi connectivity index (χ3v) is 3.47. The molecule has 1 N–H and O–H groups in total. The minimum Gasteiger partial charge on any atom is -0.329 e. The SMILES string of the molecule is CC1=C(C)C2(CCCC2)C(=O)N1. The summed E-state index contributed by atoms with van der Waals surface area (Å²) in [6.07, 6.45) is 4.53.